The number of hydrogen-bond acceptors (Lipinski definition) is 5. The number of nitrogens with one attached hydrogen (secondary N) is 1. The molecule has 1 saturated heterocycles. The minimum atomic E-state index is -2.06. The Kier molecular flexibility index (Phi) is 5.96. The minimum Gasteiger partial charge on any atom is -0.478 e. The third-order valence-corrected chi connectivity index (χ3v) is 6.82. The Bertz CT molecular complexity index is 1290. The highest BCUT2D eigenvalue weighted by Crippen LogP contribution is 2.47. The van der Waals surface area contributed by atoms with E-state index in [9.17, 15) is 5.26 Å². The van der Waals surface area contributed by atoms with E-state index in [4.69, 9.17) is 9.84 Å². The lowest BCUT2D eigenvalue weighted by Crippen LogP contribution is -2.31. The zero-order chi connectivity index (χ0) is 23.7. The molecule has 2 aromatic heterocycles. The molecular formula is C26H29FN6O. The molecule has 3 heterocycles. The fourth-order valence-corrected chi connectivity index (χ4v) is 4.99. The fourth-order valence-electron chi connectivity index (χ4n) is 4.99. The average Bonchev–Trinajstić information content (AvgIpc) is 3.41. The fraction of sp³-hybridized carbons (Fsp3) is 0.423. The van der Waals surface area contributed by atoms with E-state index in [-0.39, 0.29) is 5.69 Å². The van der Waals surface area contributed by atoms with Gasteiger partial charge in [-0.1, -0.05) is 24.3 Å². The molecular weight excluding hydrogens is 431 g/mol. The van der Waals surface area contributed by atoms with Crippen LogP contribution in [0.4, 0.5) is 4.39 Å². The maximum Gasteiger partial charge on any atom is 0.220 e. The molecule has 1 aliphatic carbocycles. The molecule has 5 rings (SSSR count). The molecule has 176 valence electrons. The number of hydrogen-bond donors (Lipinski definition) is 1. The first-order valence-electron chi connectivity index (χ1n) is 11.9. The zero-order valence-corrected chi connectivity index (χ0v) is 19.5. The van der Waals surface area contributed by atoms with Crippen LogP contribution < -0.4 is 10.1 Å². The van der Waals surface area contributed by atoms with E-state index >= 15 is 4.39 Å². The van der Waals surface area contributed by atoms with Crippen LogP contribution in [0.15, 0.2) is 48.7 Å². The Hall–Kier alpha value is -3.44. The SMILES string of the molecule is CCOc1c(-c2ccc3c(cnn3C)c2)c(C2(F)C=CC=CC2C#N)nn1CC1CCNCC1. The highest BCUT2D eigenvalue weighted by atomic mass is 19.1. The Morgan fingerprint density at radius 3 is 2.88 bits per heavy atom. The molecule has 2 atom stereocenters. The molecule has 0 radical (unpaired) electrons. The molecule has 1 fully saturated rings. The third kappa shape index (κ3) is 3.80. The standard InChI is InChI=1S/C26H29FN6O/c1-3-34-25-23(19-7-8-22-20(14-19)16-30-32(22)2)24(26(27)11-5-4-6-21(26)15-28)31-33(25)17-18-9-12-29-13-10-18/h4-8,11,14,16,18,21,29H,3,9-10,12-13,17H2,1-2H3. The summed E-state index contributed by atoms with van der Waals surface area (Å²) in [5, 5.41) is 23.3. The van der Waals surface area contributed by atoms with Crippen LogP contribution in [-0.4, -0.2) is 39.3 Å². The third-order valence-electron chi connectivity index (χ3n) is 6.82. The second kappa shape index (κ2) is 9.07. The molecule has 0 saturated carbocycles. The predicted octanol–water partition coefficient (Wildman–Crippen LogP) is 4.27. The van der Waals surface area contributed by atoms with Gasteiger partial charge in [-0.15, -0.1) is 0 Å². The molecule has 34 heavy (non-hydrogen) atoms. The van der Waals surface area contributed by atoms with Gasteiger partial charge in [-0.05, 0) is 62.5 Å². The van der Waals surface area contributed by atoms with Crippen LogP contribution in [0.25, 0.3) is 22.0 Å². The number of ether oxygens (including phenoxy) is 1. The normalized spacial score (nSPS) is 22.8. The lowest BCUT2D eigenvalue weighted by atomic mass is 9.81. The zero-order valence-electron chi connectivity index (χ0n) is 19.5. The Labute approximate surface area is 198 Å². The summed E-state index contributed by atoms with van der Waals surface area (Å²) in [5.74, 6) is -0.00278. The minimum absolute atomic E-state index is 0.222. The number of nitrogens with zero attached hydrogens (tertiary/aromatic N) is 5. The van der Waals surface area contributed by atoms with Gasteiger partial charge in [-0.25, -0.2) is 9.07 Å². The molecule has 2 unspecified atom stereocenters. The lowest BCUT2D eigenvalue weighted by Gasteiger charge is -2.26. The second-order valence-corrected chi connectivity index (χ2v) is 9.00. The van der Waals surface area contributed by atoms with Gasteiger partial charge in [-0.2, -0.15) is 15.5 Å². The molecule has 0 spiro atoms. The van der Waals surface area contributed by atoms with E-state index in [0.29, 0.717) is 30.5 Å². The molecule has 1 aromatic carbocycles. The number of rotatable bonds is 6. The molecule has 1 N–H and O–H groups in total. The van der Waals surface area contributed by atoms with Crippen LogP contribution in [0.5, 0.6) is 5.88 Å². The average molecular weight is 461 g/mol. The van der Waals surface area contributed by atoms with E-state index < -0.39 is 11.6 Å². The molecule has 2 aliphatic rings. The van der Waals surface area contributed by atoms with Gasteiger partial charge in [0.2, 0.25) is 5.88 Å². The predicted molar refractivity (Wildman–Crippen MR) is 129 cm³/mol. The highest BCUT2D eigenvalue weighted by molar-refractivity contribution is 5.86. The van der Waals surface area contributed by atoms with Crippen molar-refractivity contribution in [2.24, 2.45) is 18.9 Å². The number of nitriles is 1. The Balaban J connectivity index is 1.71. The van der Waals surface area contributed by atoms with Gasteiger partial charge in [0.15, 0.2) is 5.67 Å². The van der Waals surface area contributed by atoms with Crippen molar-refractivity contribution < 1.29 is 9.13 Å². The number of fused-ring (bicyclic) bond motifs is 1. The van der Waals surface area contributed by atoms with Crippen LogP contribution >= 0.6 is 0 Å². The van der Waals surface area contributed by atoms with Crippen molar-refractivity contribution in [2.75, 3.05) is 19.7 Å². The molecule has 7 nitrogen and oxygen atoms in total. The number of benzene rings is 1. The first-order chi connectivity index (χ1) is 16.5. The van der Waals surface area contributed by atoms with Gasteiger partial charge >= 0.3 is 0 Å². The van der Waals surface area contributed by atoms with Gasteiger partial charge in [0.1, 0.15) is 11.6 Å². The lowest BCUT2D eigenvalue weighted by molar-refractivity contribution is 0.187. The number of alkyl halides is 1. The van der Waals surface area contributed by atoms with E-state index in [1.54, 1.807) is 29.1 Å². The molecule has 1 aliphatic heterocycles. The first kappa shape index (κ1) is 22.4. The van der Waals surface area contributed by atoms with Crippen molar-refractivity contribution in [1.29, 1.82) is 5.26 Å². The van der Waals surface area contributed by atoms with Gasteiger partial charge in [0.25, 0.3) is 0 Å². The molecule has 3 aromatic rings. The summed E-state index contributed by atoms with van der Waals surface area (Å²) in [6, 6.07) is 8.05. The number of aryl methyl sites for hydroxylation is 1. The van der Waals surface area contributed by atoms with Gasteiger partial charge in [0.05, 0.1) is 30.0 Å². The van der Waals surface area contributed by atoms with Crippen LogP contribution in [0.1, 0.15) is 25.5 Å². The van der Waals surface area contributed by atoms with Crippen molar-refractivity contribution in [3.05, 3.63) is 54.4 Å². The molecule has 0 amide bonds. The summed E-state index contributed by atoms with van der Waals surface area (Å²) in [5.41, 5.74) is 0.543. The Morgan fingerprint density at radius 1 is 1.29 bits per heavy atom. The van der Waals surface area contributed by atoms with E-state index in [0.717, 1.165) is 42.4 Å². The van der Waals surface area contributed by atoms with Gasteiger partial charge in [0, 0.05) is 19.0 Å². The molecule has 0 bridgehead atoms. The summed E-state index contributed by atoms with van der Waals surface area (Å²) in [7, 11) is 1.89. The summed E-state index contributed by atoms with van der Waals surface area (Å²) < 4.78 is 26.5. The summed E-state index contributed by atoms with van der Waals surface area (Å²) >= 11 is 0. The Morgan fingerprint density at radius 2 is 2.12 bits per heavy atom. The van der Waals surface area contributed by atoms with Crippen molar-refractivity contribution in [1.82, 2.24) is 24.9 Å². The summed E-state index contributed by atoms with van der Waals surface area (Å²) in [4.78, 5) is 0. The van der Waals surface area contributed by atoms with Crippen molar-refractivity contribution >= 4 is 10.9 Å². The summed E-state index contributed by atoms with van der Waals surface area (Å²) in [6.45, 7) is 4.92. The van der Waals surface area contributed by atoms with Gasteiger partial charge in [-0.3, -0.25) is 4.68 Å². The number of allylic oxidation sites excluding steroid dienone is 4. The maximum atomic E-state index is 16.7. The van der Waals surface area contributed by atoms with Gasteiger partial charge < -0.3 is 10.1 Å². The smallest absolute Gasteiger partial charge is 0.220 e. The van der Waals surface area contributed by atoms with Crippen LogP contribution in [-0.2, 0) is 19.3 Å². The number of piperidine rings is 1. The highest BCUT2D eigenvalue weighted by Gasteiger charge is 2.45. The van der Waals surface area contributed by atoms with Crippen LogP contribution in [0.2, 0.25) is 0 Å². The van der Waals surface area contributed by atoms with E-state index in [2.05, 4.69) is 16.5 Å². The van der Waals surface area contributed by atoms with Crippen molar-refractivity contribution in [3.8, 4) is 23.1 Å². The van der Waals surface area contributed by atoms with Crippen LogP contribution in [0, 0.1) is 23.2 Å². The molecule has 8 heteroatoms. The van der Waals surface area contributed by atoms with E-state index in [1.165, 1.54) is 6.08 Å². The quantitative estimate of drug-likeness (QED) is 0.594. The second-order valence-electron chi connectivity index (χ2n) is 9.00. The summed E-state index contributed by atoms with van der Waals surface area (Å²) in [6.07, 6.45) is 10.3. The largest absolute Gasteiger partial charge is 0.478 e. The van der Waals surface area contributed by atoms with Crippen molar-refractivity contribution in [3.63, 3.8) is 0 Å². The number of aromatic nitrogens is 4. The van der Waals surface area contributed by atoms with E-state index in [1.807, 2.05) is 36.9 Å². The maximum absolute atomic E-state index is 16.7. The number of halogens is 1. The van der Waals surface area contributed by atoms with Crippen LogP contribution in [0.3, 0.4) is 0 Å². The van der Waals surface area contributed by atoms with Crippen molar-refractivity contribution in [2.45, 2.75) is 32.0 Å². The topological polar surface area (TPSA) is 80.7 Å². The monoisotopic (exact) mass is 460 g/mol. The first-order valence-corrected chi connectivity index (χ1v) is 11.9.